The Hall–Kier alpha value is -1.22. The zero-order valence-electron chi connectivity index (χ0n) is 9.70. The number of hydrogen-bond acceptors (Lipinski definition) is 2. The minimum Gasteiger partial charge on any atom is -0.487 e. The van der Waals surface area contributed by atoms with Crippen LogP contribution in [0, 0.1) is 0 Å². The van der Waals surface area contributed by atoms with Crippen molar-refractivity contribution in [3.63, 3.8) is 0 Å². The van der Waals surface area contributed by atoms with Crippen LogP contribution in [-0.4, -0.2) is 5.24 Å². The van der Waals surface area contributed by atoms with Crippen LogP contribution in [0.1, 0.15) is 15.9 Å². The number of ether oxygens (including phenoxy) is 1. The third-order valence-electron chi connectivity index (χ3n) is 2.47. The van der Waals surface area contributed by atoms with Crippen molar-refractivity contribution in [3.8, 4) is 5.75 Å². The fraction of sp³-hybridized carbons (Fsp3) is 0.0714. The highest BCUT2D eigenvalue weighted by molar-refractivity contribution is 6.67. The summed E-state index contributed by atoms with van der Waals surface area (Å²) in [6, 6.07) is 12.0. The Labute approximate surface area is 125 Å². The third-order valence-corrected chi connectivity index (χ3v) is 3.23. The van der Waals surface area contributed by atoms with Crippen LogP contribution in [0.3, 0.4) is 0 Å². The molecule has 0 saturated heterocycles. The summed E-state index contributed by atoms with van der Waals surface area (Å²) in [5, 5.41) is 0.471. The molecule has 0 bridgehead atoms. The number of carbonyl (C=O) groups excluding carboxylic acids is 1. The van der Waals surface area contributed by atoms with Crippen LogP contribution in [0.25, 0.3) is 0 Å². The van der Waals surface area contributed by atoms with Gasteiger partial charge in [-0.25, -0.2) is 0 Å². The first-order valence-corrected chi connectivity index (χ1v) is 6.56. The summed E-state index contributed by atoms with van der Waals surface area (Å²) in [5.74, 6) is 0.498. The average Bonchev–Trinajstić information content (AvgIpc) is 2.39. The van der Waals surface area contributed by atoms with Crippen LogP contribution in [0.2, 0.25) is 10.0 Å². The van der Waals surface area contributed by atoms with E-state index in [1.165, 1.54) is 6.07 Å². The van der Waals surface area contributed by atoms with Crippen molar-refractivity contribution in [2.45, 2.75) is 6.61 Å². The van der Waals surface area contributed by atoms with Crippen molar-refractivity contribution >= 4 is 40.0 Å². The van der Waals surface area contributed by atoms with Gasteiger partial charge in [0.1, 0.15) is 12.4 Å². The molecule has 0 aliphatic heterocycles. The van der Waals surface area contributed by atoms with E-state index in [-0.39, 0.29) is 0 Å². The highest BCUT2D eigenvalue weighted by Crippen LogP contribution is 2.27. The zero-order chi connectivity index (χ0) is 13.8. The van der Waals surface area contributed by atoms with Gasteiger partial charge in [0, 0.05) is 10.6 Å². The molecule has 98 valence electrons. The Morgan fingerprint density at radius 2 is 1.74 bits per heavy atom. The summed E-state index contributed by atoms with van der Waals surface area (Å²) < 4.78 is 5.57. The molecule has 0 spiro atoms. The van der Waals surface area contributed by atoms with Gasteiger partial charge in [-0.1, -0.05) is 35.3 Å². The second kappa shape index (κ2) is 6.29. The Morgan fingerprint density at radius 3 is 2.32 bits per heavy atom. The predicted octanol–water partition coefficient (Wildman–Crippen LogP) is 4.95. The molecule has 2 aromatic carbocycles. The normalized spacial score (nSPS) is 10.3. The number of hydrogen-bond donors (Lipinski definition) is 0. The Morgan fingerprint density at radius 1 is 1.05 bits per heavy atom. The first-order chi connectivity index (χ1) is 9.06. The molecular formula is C14H9Cl3O2. The molecule has 5 heteroatoms. The number of halogens is 3. The van der Waals surface area contributed by atoms with Gasteiger partial charge in [0.25, 0.3) is 5.24 Å². The molecule has 0 amide bonds. The monoisotopic (exact) mass is 314 g/mol. The van der Waals surface area contributed by atoms with Gasteiger partial charge in [-0.2, -0.15) is 0 Å². The van der Waals surface area contributed by atoms with E-state index < -0.39 is 5.24 Å². The molecule has 0 atom stereocenters. The first kappa shape index (κ1) is 14.2. The SMILES string of the molecule is O=C(Cl)c1ccc(OCc2ccc(Cl)cc2)c(Cl)c1. The summed E-state index contributed by atoms with van der Waals surface area (Å²) in [5.41, 5.74) is 1.31. The third kappa shape index (κ3) is 3.87. The van der Waals surface area contributed by atoms with E-state index in [1.807, 2.05) is 12.1 Å². The first-order valence-electron chi connectivity index (χ1n) is 5.43. The highest BCUT2D eigenvalue weighted by atomic mass is 35.5. The van der Waals surface area contributed by atoms with Crippen LogP contribution in [-0.2, 0) is 6.61 Å². The van der Waals surface area contributed by atoms with Crippen molar-refractivity contribution in [1.29, 1.82) is 0 Å². The maximum atomic E-state index is 11.0. The van der Waals surface area contributed by atoms with Crippen LogP contribution in [0.5, 0.6) is 5.75 Å². The molecule has 0 unspecified atom stereocenters. The minimum atomic E-state index is -0.550. The summed E-state index contributed by atoms with van der Waals surface area (Å²) in [7, 11) is 0. The standard InChI is InChI=1S/C14H9Cl3O2/c15-11-4-1-9(2-5-11)8-19-13-6-3-10(14(17)18)7-12(13)16/h1-7H,8H2. The van der Waals surface area contributed by atoms with Crippen molar-refractivity contribution in [2.24, 2.45) is 0 Å². The Kier molecular flexibility index (Phi) is 4.70. The number of rotatable bonds is 4. The van der Waals surface area contributed by atoms with E-state index in [2.05, 4.69) is 0 Å². The van der Waals surface area contributed by atoms with E-state index in [0.29, 0.717) is 28.0 Å². The molecule has 0 aliphatic rings. The van der Waals surface area contributed by atoms with Crippen LogP contribution in [0.4, 0.5) is 0 Å². The molecule has 19 heavy (non-hydrogen) atoms. The Bertz CT molecular complexity index is 594. The van der Waals surface area contributed by atoms with Crippen molar-refractivity contribution in [3.05, 3.63) is 63.6 Å². The maximum Gasteiger partial charge on any atom is 0.252 e. The van der Waals surface area contributed by atoms with Gasteiger partial charge in [-0.05, 0) is 47.5 Å². The van der Waals surface area contributed by atoms with E-state index in [4.69, 9.17) is 39.5 Å². The molecule has 2 aromatic rings. The number of benzene rings is 2. The fourth-order valence-electron chi connectivity index (χ4n) is 1.48. The fourth-order valence-corrected chi connectivity index (χ4v) is 1.96. The maximum absolute atomic E-state index is 11.0. The van der Waals surface area contributed by atoms with E-state index in [0.717, 1.165) is 5.56 Å². The van der Waals surface area contributed by atoms with Crippen molar-refractivity contribution in [1.82, 2.24) is 0 Å². The lowest BCUT2D eigenvalue weighted by atomic mass is 10.2. The average molecular weight is 316 g/mol. The van der Waals surface area contributed by atoms with Crippen molar-refractivity contribution < 1.29 is 9.53 Å². The number of carbonyl (C=O) groups is 1. The zero-order valence-corrected chi connectivity index (χ0v) is 12.0. The molecule has 0 heterocycles. The molecule has 0 aliphatic carbocycles. The molecule has 0 N–H and O–H groups in total. The molecule has 0 fully saturated rings. The van der Waals surface area contributed by atoms with E-state index in [1.54, 1.807) is 24.3 Å². The molecule has 0 radical (unpaired) electrons. The highest BCUT2D eigenvalue weighted by Gasteiger charge is 2.07. The summed E-state index contributed by atoms with van der Waals surface area (Å²) >= 11 is 17.2. The van der Waals surface area contributed by atoms with E-state index >= 15 is 0 Å². The topological polar surface area (TPSA) is 26.3 Å². The molecule has 0 aromatic heterocycles. The Balaban J connectivity index is 2.07. The summed E-state index contributed by atoms with van der Waals surface area (Å²) in [4.78, 5) is 11.0. The van der Waals surface area contributed by atoms with Gasteiger partial charge in [0.2, 0.25) is 0 Å². The smallest absolute Gasteiger partial charge is 0.252 e. The van der Waals surface area contributed by atoms with Gasteiger partial charge in [-0.15, -0.1) is 0 Å². The minimum absolute atomic E-state index is 0.338. The van der Waals surface area contributed by atoms with E-state index in [9.17, 15) is 4.79 Å². The molecular weight excluding hydrogens is 307 g/mol. The van der Waals surface area contributed by atoms with Crippen LogP contribution in [0.15, 0.2) is 42.5 Å². The molecule has 2 nitrogen and oxygen atoms in total. The second-order valence-corrected chi connectivity index (χ2v) is 5.02. The van der Waals surface area contributed by atoms with Gasteiger partial charge in [-0.3, -0.25) is 4.79 Å². The van der Waals surface area contributed by atoms with Gasteiger partial charge in [0.15, 0.2) is 0 Å². The van der Waals surface area contributed by atoms with Crippen molar-refractivity contribution in [2.75, 3.05) is 0 Å². The quantitative estimate of drug-likeness (QED) is 0.746. The van der Waals surface area contributed by atoms with Gasteiger partial charge in [0.05, 0.1) is 5.02 Å². The largest absolute Gasteiger partial charge is 0.487 e. The molecule has 0 saturated carbocycles. The lowest BCUT2D eigenvalue weighted by Gasteiger charge is -2.08. The van der Waals surface area contributed by atoms with Gasteiger partial charge < -0.3 is 4.74 Å². The summed E-state index contributed by atoms with van der Waals surface area (Å²) in [6.45, 7) is 0.366. The van der Waals surface area contributed by atoms with Gasteiger partial charge >= 0.3 is 0 Å². The lowest BCUT2D eigenvalue weighted by molar-refractivity contribution is 0.108. The van der Waals surface area contributed by atoms with Crippen LogP contribution >= 0.6 is 34.8 Å². The lowest BCUT2D eigenvalue weighted by Crippen LogP contribution is -1.97. The summed E-state index contributed by atoms with van der Waals surface area (Å²) in [6.07, 6.45) is 0. The predicted molar refractivity (Wildman–Crippen MR) is 77.4 cm³/mol. The molecule has 2 rings (SSSR count). The van der Waals surface area contributed by atoms with Crippen LogP contribution < -0.4 is 4.74 Å². The second-order valence-electron chi connectivity index (χ2n) is 3.83.